The van der Waals surface area contributed by atoms with Gasteiger partial charge in [0.2, 0.25) is 5.91 Å². The van der Waals surface area contributed by atoms with Crippen LogP contribution >= 0.6 is 0 Å². The zero-order valence-corrected chi connectivity index (χ0v) is 24.7. The lowest BCUT2D eigenvalue weighted by Crippen LogP contribution is -2.42. The molecular formula is C32H35F3N6O3. The second kappa shape index (κ2) is 11.7. The number of carbonyl (C=O) groups excluding carboxylic acids is 3. The van der Waals surface area contributed by atoms with Gasteiger partial charge in [0, 0.05) is 49.4 Å². The molecule has 2 unspecified atom stereocenters. The van der Waals surface area contributed by atoms with Crippen molar-refractivity contribution in [1.82, 2.24) is 29.2 Å². The number of nitrogens with one attached hydrogen (secondary N) is 1. The van der Waals surface area contributed by atoms with E-state index < -0.39 is 24.7 Å². The van der Waals surface area contributed by atoms with Gasteiger partial charge >= 0.3 is 12.2 Å². The lowest BCUT2D eigenvalue weighted by Gasteiger charge is -2.18. The van der Waals surface area contributed by atoms with Crippen molar-refractivity contribution in [2.45, 2.75) is 64.0 Å². The molecule has 3 aromatic heterocycles. The van der Waals surface area contributed by atoms with Crippen LogP contribution < -0.4 is 5.32 Å². The summed E-state index contributed by atoms with van der Waals surface area (Å²) in [5, 5.41) is 1.98. The van der Waals surface area contributed by atoms with Crippen LogP contribution in [0.1, 0.15) is 73.0 Å². The molecule has 0 radical (unpaired) electrons. The highest BCUT2D eigenvalue weighted by Gasteiger charge is 2.38. The first-order valence-corrected chi connectivity index (χ1v) is 15.1. The number of nitrogens with zero attached hydrogens (tertiary/aromatic N) is 5. The van der Waals surface area contributed by atoms with Crippen LogP contribution in [0.2, 0.25) is 0 Å². The van der Waals surface area contributed by atoms with Gasteiger partial charge in [0.1, 0.15) is 12.3 Å². The molecule has 4 atom stereocenters. The predicted molar refractivity (Wildman–Crippen MR) is 158 cm³/mol. The maximum Gasteiger partial charge on any atom is 0.405 e. The highest BCUT2D eigenvalue weighted by molar-refractivity contribution is 5.93. The van der Waals surface area contributed by atoms with E-state index in [-0.39, 0.29) is 30.2 Å². The number of carbonyl (C=O) groups is 3. The van der Waals surface area contributed by atoms with Crippen molar-refractivity contribution < 1.29 is 27.6 Å². The van der Waals surface area contributed by atoms with E-state index in [1.54, 1.807) is 18.6 Å². The molecule has 9 nitrogen and oxygen atoms in total. The van der Waals surface area contributed by atoms with Gasteiger partial charge in [-0.25, -0.2) is 14.8 Å². The van der Waals surface area contributed by atoms with Crippen LogP contribution in [-0.4, -0.2) is 67.4 Å². The van der Waals surface area contributed by atoms with Crippen molar-refractivity contribution in [3.8, 4) is 0 Å². The molecule has 2 aliphatic rings. The van der Waals surface area contributed by atoms with Crippen molar-refractivity contribution in [3.05, 3.63) is 65.7 Å². The van der Waals surface area contributed by atoms with Gasteiger partial charge in [0.15, 0.2) is 11.3 Å². The Bertz CT molecular complexity index is 1710. The average molecular weight is 609 g/mol. The van der Waals surface area contributed by atoms with Gasteiger partial charge in [-0.3, -0.25) is 18.6 Å². The number of halogens is 3. The molecule has 2 amide bonds. The fourth-order valence-electron chi connectivity index (χ4n) is 6.76. The van der Waals surface area contributed by atoms with Gasteiger partial charge in [-0.15, -0.1) is 0 Å². The molecule has 2 fully saturated rings. The van der Waals surface area contributed by atoms with Crippen LogP contribution in [0.5, 0.6) is 0 Å². The Hall–Kier alpha value is -4.22. The van der Waals surface area contributed by atoms with E-state index in [2.05, 4.69) is 9.97 Å². The summed E-state index contributed by atoms with van der Waals surface area (Å²) in [5.74, 6) is -0.306. The standard InChI is InChI=1S/C32H35F3N6O3/c1-3-21-16-39(31(44)38-18-32(33,34)35)17-24(21)26-14-36-28-15-37-29-25(41(26)28)11-12-40(29)30(43)19(2)22-9-7-20(8-10-22)13-23-5-4-6-27(23)42/h7-12,14-15,19,21,23-24H,3-6,13,16-18H2,1-2H3,(H,38,44)/t19?,21-,23?,24+/m1/s1. The molecular weight excluding hydrogens is 573 g/mol. The Balaban J connectivity index is 1.24. The zero-order chi connectivity index (χ0) is 31.2. The molecule has 0 bridgehead atoms. The topological polar surface area (TPSA) is 102 Å². The summed E-state index contributed by atoms with van der Waals surface area (Å²) >= 11 is 0. The molecule has 4 aromatic rings. The van der Waals surface area contributed by atoms with Crippen LogP contribution in [0.15, 0.2) is 48.9 Å². The van der Waals surface area contributed by atoms with Gasteiger partial charge in [-0.1, -0.05) is 37.6 Å². The largest absolute Gasteiger partial charge is 0.405 e. The van der Waals surface area contributed by atoms with Crippen LogP contribution in [0.4, 0.5) is 18.0 Å². The molecule has 1 aliphatic heterocycles. The van der Waals surface area contributed by atoms with E-state index in [9.17, 15) is 27.6 Å². The minimum atomic E-state index is -4.48. The SMILES string of the molecule is CC[C@@H]1CN(C(=O)NCC(F)(F)F)C[C@@H]1c1cnc2cnc3c(ccn3C(=O)C(C)c3ccc(CC4CCCC4=O)cc3)n12. The van der Waals surface area contributed by atoms with Crippen molar-refractivity contribution in [2.24, 2.45) is 11.8 Å². The van der Waals surface area contributed by atoms with Crippen LogP contribution in [0.25, 0.3) is 16.8 Å². The number of hydrogen-bond acceptors (Lipinski definition) is 5. The molecule has 44 heavy (non-hydrogen) atoms. The summed E-state index contributed by atoms with van der Waals surface area (Å²) in [6, 6.07) is 8.97. The Morgan fingerprint density at radius 3 is 2.55 bits per heavy atom. The number of benzene rings is 1. The maximum atomic E-state index is 13.7. The third-order valence-electron chi connectivity index (χ3n) is 9.27. The summed E-state index contributed by atoms with van der Waals surface area (Å²) < 4.78 is 41.5. The molecule has 6 rings (SSSR count). The van der Waals surface area contributed by atoms with E-state index in [0.29, 0.717) is 35.6 Å². The second-order valence-electron chi connectivity index (χ2n) is 12.0. The lowest BCUT2D eigenvalue weighted by atomic mass is 9.91. The monoisotopic (exact) mass is 608 g/mol. The minimum Gasteiger partial charge on any atom is -0.329 e. The van der Waals surface area contributed by atoms with Crippen molar-refractivity contribution in [1.29, 1.82) is 0 Å². The lowest BCUT2D eigenvalue weighted by molar-refractivity contribution is -0.123. The van der Waals surface area contributed by atoms with Crippen LogP contribution in [0, 0.1) is 11.8 Å². The first-order chi connectivity index (χ1) is 21.0. The smallest absolute Gasteiger partial charge is 0.329 e. The Morgan fingerprint density at radius 2 is 1.86 bits per heavy atom. The number of Topliss-reactive ketones (excluding diaryl/α,β-unsaturated/α-hetero) is 1. The van der Waals surface area contributed by atoms with Gasteiger partial charge in [-0.05, 0) is 49.3 Å². The molecule has 12 heteroatoms. The molecule has 232 valence electrons. The zero-order valence-electron chi connectivity index (χ0n) is 24.7. The molecule has 1 aliphatic carbocycles. The number of alkyl halides is 3. The Morgan fingerprint density at radius 1 is 1.09 bits per heavy atom. The second-order valence-corrected chi connectivity index (χ2v) is 12.0. The quantitative estimate of drug-likeness (QED) is 0.289. The minimum absolute atomic E-state index is 0.0215. The molecule has 1 N–H and O–H groups in total. The third kappa shape index (κ3) is 5.69. The molecule has 0 spiro atoms. The van der Waals surface area contributed by atoms with Gasteiger partial charge in [-0.2, -0.15) is 13.2 Å². The average Bonchev–Trinajstić information content (AvgIpc) is 3.80. The number of ketones is 1. The van der Waals surface area contributed by atoms with Crippen molar-refractivity contribution in [2.75, 3.05) is 19.6 Å². The highest BCUT2D eigenvalue weighted by Crippen LogP contribution is 2.36. The number of hydrogen-bond donors (Lipinski definition) is 1. The predicted octanol–water partition coefficient (Wildman–Crippen LogP) is 5.74. The number of urea groups is 1. The van der Waals surface area contributed by atoms with Gasteiger partial charge in [0.05, 0.1) is 17.6 Å². The normalized spacial score (nSPS) is 21.4. The van der Waals surface area contributed by atoms with E-state index in [1.165, 1.54) is 9.47 Å². The number of likely N-dealkylation sites (tertiary alicyclic amines) is 1. The number of aromatic nitrogens is 4. The Labute approximate surface area is 252 Å². The van der Waals surface area contributed by atoms with Gasteiger partial charge < -0.3 is 10.2 Å². The van der Waals surface area contributed by atoms with Crippen molar-refractivity contribution in [3.63, 3.8) is 0 Å². The number of rotatable bonds is 7. The number of imidazole rings is 1. The summed E-state index contributed by atoms with van der Waals surface area (Å²) in [7, 11) is 0. The number of amides is 2. The van der Waals surface area contributed by atoms with E-state index in [4.69, 9.17) is 0 Å². The van der Waals surface area contributed by atoms with Crippen LogP contribution in [0.3, 0.4) is 0 Å². The molecule has 1 saturated carbocycles. The van der Waals surface area contributed by atoms with Gasteiger partial charge in [0.25, 0.3) is 0 Å². The summed E-state index contributed by atoms with van der Waals surface area (Å²) in [5.41, 5.74) is 4.50. The molecule has 1 saturated heterocycles. The van der Waals surface area contributed by atoms with E-state index in [1.807, 2.05) is 53.9 Å². The maximum absolute atomic E-state index is 13.7. The molecule has 4 heterocycles. The number of fused-ring (bicyclic) bond motifs is 3. The third-order valence-corrected chi connectivity index (χ3v) is 9.27. The van der Waals surface area contributed by atoms with Crippen LogP contribution in [-0.2, 0) is 11.2 Å². The molecule has 1 aromatic carbocycles. The fourth-order valence-corrected chi connectivity index (χ4v) is 6.76. The van der Waals surface area contributed by atoms with Crippen molar-refractivity contribution >= 4 is 34.5 Å². The summed E-state index contributed by atoms with van der Waals surface area (Å²) in [6.07, 6.45) is 4.55. The summed E-state index contributed by atoms with van der Waals surface area (Å²) in [6.45, 7) is 3.05. The van der Waals surface area contributed by atoms with E-state index in [0.717, 1.165) is 42.5 Å². The Kier molecular flexibility index (Phi) is 7.93. The first-order valence-electron chi connectivity index (χ1n) is 15.1. The summed E-state index contributed by atoms with van der Waals surface area (Å²) in [4.78, 5) is 48.8. The fraction of sp³-hybridized carbons (Fsp3) is 0.469. The highest BCUT2D eigenvalue weighted by atomic mass is 19.4. The first kappa shape index (κ1) is 29.8. The van der Waals surface area contributed by atoms with E-state index >= 15 is 0 Å².